The molecule has 10 nitrogen and oxygen atoms in total. The summed E-state index contributed by atoms with van der Waals surface area (Å²) < 4.78 is 29.4. The number of hydrogen-bond donors (Lipinski definition) is 2. The Kier molecular flexibility index (Phi) is 12.5. The van der Waals surface area contributed by atoms with Gasteiger partial charge < -0.3 is 38.8 Å². The minimum absolute atomic E-state index is 0.125. The summed E-state index contributed by atoms with van der Waals surface area (Å²) in [6, 6.07) is 20.4. The Morgan fingerprint density at radius 2 is 1.76 bits per heavy atom. The van der Waals surface area contributed by atoms with E-state index >= 15 is 0 Å². The fourth-order valence-corrected chi connectivity index (χ4v) is 6.98. The second-order valence-electron chi connectivity index (χ2n) is 13.6. The first-order valence-corrected chi connectivity index (χ1v) is 17.3. The van der Waals surface area contributed by atoms with Crippen molar-refractivity contribution in [3.05, 3.63) is 82.9 Å². The summed E-state index contributed by atoms with van der Waals surface area (Å²) in [4.78, 5) is 16.1. The van der Waals surface area contributed by atoms with Gasteiger partial charge in [0.15, 0.2) is 0 Å². The molecule has 2 aliphatic heterocycles. The van der Waals surface area contributed by atoms with Crippen LogP contribution >= 0.6 is 11.6 Å². The van der Waals surface area contributed by atoms with E-state index in [1.54, 1.807) is 13.2 Å². The Bertz CT molecular complexity index is 1510. The number of ether oxygens (including phenoxy) is 5. The van der Waals surface area contributed by atoms with Crippen LogP contribution in [0.2, 0.25) is 5.02 Å². The molecule has 1 unspecified atom stereocenters. The zero-order valence-corrected chi connectivity index (χ0v) is 29.6. The van der Waals surface area contributed by atoms with Gasteiger partial charge in [0.05, 0.1) is 61.9 Å². The number of halogens is 1. The Labute approximate surface area is 294 Å². The van der Waals surface area contributed by atoms with Crippen molar-refractivity contribution < 1.29 is 38.7 Å². The third kappa shape index (κ3) is 9.30. The molecular weight excluding hydrogens is 648 g/mol. The zero-order chi connectivity index (χ0) is 35.0. The van der Waals surface area contributed by atoms with Crippen LogP contribution in [0, 0.1) is 5.41 Å². The number of rotatable bonds is 14. The third-order valence-electron chi connectivity index (χ3n) is 9.08. The largest absolute Gasteiger partial charge is 0.493 e. The minimum atomic E-state index is -1.08. The molecule has 0 aliphatic carbocycles. The summed E-state index contributed by atoms with van der Waals surface area (Å²) in [5, 5.41) is 22.7. The van der Waals surface area contributed by atoms with Gasteiger partial charge in [-0.25, -0.2) is 4.79 Å². The van der Waals surface area contributed by atoms with Crippen molar-refractivity contribution in [2.45, 2.75) is 64.4 Å². The van der Waals surface area contributed by atoms with Gasteiger partial charge in [-0.1, -0.05) is 62.7 Å². The Balaban J connectivity index is 1.29. The number of aliphatic hydroxyl groups excluding tert-OH is 1. The highest BCUT2D eigenvalue weighted by atomic mass is 35.5. The molecule has 2 heterocycles. The summed E-state index contributed by atoms with van der Waals surface area (Å²) in [7, 11) is 1.71. The maximum Gasteiger partial charge on any atom is 0.407 e. The van der Waals surface area contributed by atoms with Crippen molar-refractivity contribution in [3.8, 4) is 17.2 Å². The first-order chi connectivity index (χ1) is 23.6. The predicted octanol–water partition coefficient (Wildman–Crippen LogP) is 6.86. The SMILES string of the molecule is COCCCN1CCOc2ccc(CO[C@H]3CN(C(=O)O)C(C(C)(C)C)[C@@H](O)[C@@H]3c3ccc(OCCCOc4ccccc4Cl)cc3)cc21. The van der Waals surface area contributed by atoms with Crippen LogP contribution in [0.15, 0.2) is 66.7 Å². The van der Waals surface area contributed by atoms with Crippen LogP contribution in [-0.4, -0.2) is 92.6 Å². The molecule has 11 heteroatoms. The molecule has 1 saturated heterocycles. The van der Waals surface area contributed by atoms with Crippen LogP contribution in [0.4, 0.5) is 10.5 Å². The molecule has 4 atom stereocenters. The van der Waals surface area contributed by atoms with Crippen LogP contribution in [0.25, 0.3) is 0 Å². The lowest BCUT2D eigenvalue weighted by atomic mass is 9.72. The summed E-state index contributed by atoms with van der Waals surface area (Å²) in [5.41, 5.74) is 2.29. The standard InChI is InChI=1S/C38H49ClN2O8/c1-38(2,3)36-35(42)34(27-12-14-28(15-13-27)46-20-8-21-47-31-10-6-5-9-29(31)39)33(24-41(36)37(43)44)49-25-26-11-16-32-30(23-26)40(18-22-48-32)17-7-19-45-4/h5-6,9-16,23,33-36,42H,7-8,17-22,24-25H2,1-4H3,(H,43,44)/t33-,34+,35-,36?/m0/s1. The van der Waals surface area contributed by atoms with Gasteiger partial charge in [0.2, 0.25) is 0 Å². The molecular formula is C38H49ClN2O8. The number of nitrogens with zero attached hydrogens (tertiary/aromatic N) is 2. The fourth-order valence-electron chi connectivity index (χ4n) is 6.79. The van der Waals surface area contributed by atoms with E-state index in [1.807, 2.05) is 75.4 Å². The quantitative estimate of drug-likeness (QED) is 0.175. The summed E-state index contributed by atoms with van der Waals surface area (Å²) in [5.74, 6) is 1.70. The molecule has 0 radical (unpaired) electrons. The molecule has 3 aromatic carbocycles. The minimum Gasteiger partial charge on any atom is -0.493 e. The number of carbonyl (C=O) groups is 1. The van der Waals surface area contributed by atoms with E-state index < -0.39 is 35.7 Å². The predicted molar refractivity (Wildman–Crippen MR) is 189 cm³/mol. The summed E-state index contributed by atoms with van der Waals surface area (Å²) in [6.07, 6.45) is -1.10. The summed E-state index contributed by atoms with van der Waals surface area (Å²) in [6.45, 7) is 10.1. The van der Waals surface area contributed by atoms with Gasteiger partial charge in [-0.2, -0.15) is 0 Å². The molecule has 5 rings (SSSR count). The second kappa shape index (κ2) is 16.8. The number of para-hydroxylation sites is 1. The Hall–Kier alpha value is -3.70. The van der Waals surface area contributed by atoms with Crippen LogP contribution < -0.4 is 19.1 Å². The van der Waals surface area contributed by atoms with Crippen LogP contribution in [0.3, 0.4) is 0 Å². The number of fused-ring (bicyclic) bond motifs is 1. The molecule has 266 valence electrons. The van der Waals surface area contributed by atoms with Crippen LogP contribution in [0.1, 0.15) is 50.7 Å². The first kappa shape index (κ1) is 36.6. The smallest absolute Gasteiger partial charge is 0.407 e. The van der Waals surface area contributed by atoms with E-state index in [2.05, 4.69) is 11.0 Å². The number of piperidine rings is 1. The average molecular weight is 697 g/mol. The van der Waals surface area contributed by atoms with Gasteiger partial charge >= 0.3 is 6.09 Å². The van der Waals surface area contributed by atoms with Gasteiger partial charge in [-0.15, -0.1) is 0 Å². The van der Waals surface area contributed by atoms with Gasteiger partial charge in [-0.05, 0) is 59.4 Å². The topological polar surface area (TPSA) is 110 Å². The number of amides is 1. The molecule has 1 fully saturated rings. The lowest BCUT2D eigenvalue weighted by Gasteiger charge is -2.50. The van der Waals surface area contributed by atoms with Crippen molar-refractivity contribution in [1.82, 2.24) is 4.90 Å². The van der Waals surface area contributed by atoms with Gasteiger partial charge in [-0.3, -0.25) is 4.90 Å². The van der Waals surface area contributed by atoms with E-state index in [-0.39, 0.29) is 13.2 Å². The molecule has 3 aromatic rings. The normalized spacial score (nSPS) is 20.8. The van der Waals surface area contributed by atoms with Crippen molar-refractivity contribution in [2.24, 2.45) is 5.41 Å². The number of methoxy groups -OCH3 is 1. The molecule has 0 saturated carbocycles. The first-order valence-electron chi connectivity index (χ1n) is 17.0. The number of carboxylic acid groups (broad SMARTS) is 1. The maximum absolute atomic E-state index is 12.5. The van der Waals surface area contributed by atoms with Crippen molar-refractivity contribution in [1.29, 1.82) is 0 Å². The molecule has 49 heavy (non-hydrogen) atoms. The van der Waals surface area contributed by atoms with Gasteiger partial charge in [0.1, 0.15) is 23.9 Å². The van der Waals surface area contributed by atoms with E-state index in [0.717, 1.165) is 42.1 Å². The number of benzene rings is 3. The number of aliphatic hydroxyl groups is 1. The van der Waals surface area contributed by atoms with E-state index in [9.17, 15) is 15.0 Å². The summed E-state index contributed by atoms with van der Waals surface area (Å²) >= 11 is 6.17. The van der Waals surface area contributed by atoms with Crippen LogP contribution in [-0.2, 0) is 16.1 Å². The number of hydrogen-bond acceptors (Lipinski definition) is 8. The lowest BCUT2D eigenvalue weighted by molar-refractivity contribution is -0.114. The van der Waals surface area contributed by atoms with Gasteiger partial charge in [0.25, 0.3) is 0 Å². The van der Waals surface area contributed by atoms with Crippen LogP contribution in [0.5, 0.6) is 17.2 Å². The highest BCUT2D eigenvalue weighted by Crippen LogP contribution is 2.42. The van der Waals surface area contributed by atoms with E-state index in [0.29, 0.717) is 49.4 Å². The van der Waals surface area contributed by atoms with Crippen molar-refractivity contribution >= 4 is 23.4 Å². The number of likely N-dealkylation sites (tertiary alicyclic amines) is 1. The van der Waals surface area contributed by atoms with Gasteiger partial charge in [0, 0.05) is 32.6 Å². The molecule has 0 spiro atoms. The molecule has 0 aromatic heterocycles. The van der Waals surface area contributed by atoms with E-state index in [1.165, 1.54) is 4.90 Å². The monoisotopic (exact) mass is 696 g/mol. The van der Waals surface area contributed by atoms with Crippen molar-refractivity contribution in [3.63, 3.8) is 0 Å². The highest BCUT2D eigenvalue weighted by Gasteiger charge is 2.50. The number of anilines is 1. The average Bonchev–Trinajstić information content (AvgIpc) is 3.07. The molecule has 0 bridgehead atoms. The van der Waals surface area contributed by atoms with E-state index in [4.69, 9.17) is 35.3 Å². The lowest BCUT2D eigenvalue weighted by Crippen LogP contribution is -2.63. The highest BCUT2D eigenvalue weighted by molar-refractivity contribution is 6.32. The molecule has 2 N–H and O–H groups in total. The third-order valence-corrected chi connectivity index (χ3v) is 9.39. The maximum atomic E-state index is 12.5. The second-order valence-corrected chi connectivity index (χ2v) is 14.1. The molecule has 1 amide bonds. The van der Waals surface area contributed by atoms with Crippen molar-refractivity contribution in [2.75, 3.05) is 58.1 Å². The zero-order valence-electron chi connectivity index (χ0n) is 28.8. The fraction of sp³-hybridized carbons (Fsp3) is 0.500. The Morgan fingerprint density at radius 3 is 2.47 bits per heavy atom. The molecule has 2 aliphatic rings. The Morgan fingerprint density at radius 1 is 1.00 bits per heavy atom.